The fourth-order valence-corrected chi connectivity index (χ4v) is 1.92. The minimum Gasteiger partial charge on any atom is -0.392 e. The number of aromatic nitrogens is 1. The summed E-state index contributed by atoms with van der Waals surface area (Å²) < 4.78 is 0. The van der Waals surface area contributed by atoms with Gasteiger partial charge in [0.2, 0.25) is 0 Å². The molecule has 0 atom stereocenters. The maximum absolute atomic E-state index is 9.31. The van der Waals surface area contributed by atoms with Gasteiger partial charge in [0.25, 0.3) is 0 Å². The van der Waals surface area contributed by atoms with Crippen LogP contribution < -0.4 is 0 Å². The second kappa shape index (κ2) is 3.99. The summed E-state index contributed by atoms with van der Waals surface area (Å²) in [6, 6.07) is 7.91. The Hall–Kier alpha value is -1.41. The third-order valence-electron chi connectivity index (χ3n) is 2.68. The maximum atomic E-state index is 9.31. The average Bonchev–Trinajstić information content (AvgIpc) is 2.27. The molecule has 78 valence electrons. The summed E-state index contributed by atoms with van der Waals surface area (Å²) in [5, 5.41) is 10.4. The highest BCUT2D eigenvalue weighted by Gasteiger charge is 2.08. The number of aliphatic hydroxyl groups excluding tert-OH is 1. The summed E-state index contributed by atoms with van der Waals surface area (Å²) in [5.74, 6) is 0.447. The lowest BCUT2D eigenvalue weighted by molar-refractivity contribution is 0.283. The molecule has 15 heavy (non-hydrogen) atoms. The second-order valence-corrected chi connectivity index (χ2v) is 4.02. The molecule has 2 nitrogen and oxygen atoms in total. The molecule has 1 aromatic carbocycles. The van der Waals surface area contributed by atoms with Crippen molar-refractivity contribution in [1.82, 2.24) is 4.98 Å². The Morgan fingerprint density at radius 2 is 2.07 bits per heavy atom. The van der Waals surface area contributed by atoms with E-state index < -0.39 is 0 Å². The molecular formula is C13H15NO. The maximum Gasteiger partial charge on any atom is 0.0708 e. The molecule has 0 aliphatic heterocycles. The number of aliphatic hydroxyl groups is 1. The molecule has 0 saturated carbocycles. The van der Waals surface area contributed by atoms with Gasteiger partial charge in [-0.2, -0.15) is 0 Å². The van der Waals surface area contributed by atoms with Crippen molar-refractivity contribution in [3.63, 3.8) is 0 Å². The topological polar surface area (TPSA) is 33.1 Å². The molecule has 1 aromatic heterocycles. The van der Waals surface area contributed by atoms with Gasteiger partial charge in [-0.3, -0.25) is 4.98 Å². The molecule has 0 aliphatic rings. The lowest BCUT2D eigenvalue weighted by Crippen LogP contribution is -1.95. The van der Waals surface area contributed by atoms with Crippen LogP contribution in [0.1, 0.15) is 30.9 Å². The Kier molecular flexibility index (Phi) is 2.69. The van der Waals surface area contributed by atoms with Crippen LogP contribution in [0, 0.1) is 0 Å². The lowest BCUT2D eigenvalue weighted by Gasteiger charge is -2.12. The molecular weight excluding hydrogens is 186 g/mol. The van der Waals surface area contributed by atoms with E-state index >= 15 is 0 Å². The molecule has 0 spiro atoms. The summed E-state index contributed by atoms with van der Waals surface area (Å²) in [4.78, 5) is 4.32. The molecule has 0 fully saturated rings. The zero-order valence-electron chi connectivity index (χ0n) is 9.07. The van der Waals surface area contributed by atoms with Crippen LogP contribution in [-0.2, 0) is 6.61 Å². The largest absolute Gasteiger partial charge is 0.392 e. The first-order valence-electron chi connectivity index (χ1n) is 5.21. The molecule has 2 aromatic rings. The summed E-state index contributed by atoms with van der Waals surface area (Å²) >= 11 is 0. The Balaban J connectivity index is 2.81. The number of pyridine rings is 1. The van der Waals surface area contributed by atoms with Crippen LogP contribution in [0.2, 0.25) is 0 Å². The standard InChI is InChI=1S/C13H15NO/c1-9(2)11-6-7-14-12-5-3-4-10(8-15)13(11)12/h3-7,9,15H,8H2,1-2H3. The Bertz CT molecular complexity index is 472. The van der Waals surface area contributed by atoms with E-state index in [9.17, 15) is 5.11 Å². The van der Waals surface area contributed by atoms with E-state index in [1.54, 1.807) is 0 Å². The molecule has 0 amide bonds. The minimum absolute atomic E-state index is 0.0722. The van der Waals surface area contributed by atoms with Gasteiger partial charge in [-0.25, -0.2) is 0 Å². The van der Waals surface area contributed by atoms with Gasteiger partial charge in [0.1, 0.15) is 0 Å². The summed E-state index contributed by atoms with van der Waals surface area (Å²) in [5.41, 5.74) is 3.18. The molecule has 0 saturated heterocycles. The highest BCUT2D eigenvalue weighted by Crippen LogP contribution is 2.26. The van der Waals surface area contributed by atoms with Gasteiger partial charge in [0, 0.05) is 11.6 Å². The molecule has 0 radical (unpaired) electrons. The Morgan fingerprint density at radius 1 is 1.27 bits per heavy atom. The van der Waals surface area contributed by atoms with Crippen molar-refractivity contribution in [3.05, 3.63) is 41.6 Å². The number of nitrogens with zero attached hydrogens (tertiary/aromatic N) is 1. The van der Waals surface area contributed by atoms with Crippen LogP contribution in [0.4, 0.5) is 0 Å². The van der Waals surface area contributed by atoms with Crippen LogP contribution in [0.15, 0.2) is 30.5 Å². The van der Waals surface area contributed by atoms with Gasteiger partial charge >= 0.3 is 0 Å². The van der Waals surface area contributed by atoms with Crippen molar-refractivity contribution in [3.8, 4) is 0 Å². The van der Waals surface area contributed by atoms with E-state index in [0.717, 1.165) is 16.5 Å². The summed E-state index contributed by atoms with van der Waals surface area (Å²) in [6.45, 7) is 4.38. The highest BCUT2D eigenvalue weighted by molar-refractivity contribution is 5.85. The predicted molar refractivity (Wildman–Crippen MR) is 61.8 cm³/mol. The van der Waals surface area contributed by atoms with Crippen molar-refractivity contribution < 1.29 is 5.11 Å². The lowest BCUT2D eigenvalue weighted by atomic mass is 9.96. The zero-order chi connectivity index (χ0) is 10.8. The van der Waals surface area contributed by atoms with Crippen LogP contribution in [0.25, 0.3) is 10.9 Å². The van der Waals surface area contributed by atoms with Crippen LogP contribution in [0.5, 0.6) is 0 Å². The van der Waals surface area contributed by atoms with Crippen LogP contribution >= 0.6 is 0 Å². The molecule has 0 aliphatic carbocycles. The van der Waals surface area contributed by atoms with Crippen molar-refractivity contribution in [2.45, 2.75) is 26.4 Å². The fraction of sp³-hybridized carbons (Fsp3) is 0.308. The van der Waals surface area contributed by atoms with Crippen molar-refractivity contribution >= 4 is 10.9 Å². The molecule has 1 N–H and O–H groups in total. The number of hydrogen-bond donors (Lipinski definition) is 1. The number of hydrogen-bond acceptors (Lipinski definition) is 2. The van der Waals surface area contributed by atoms with Gasteiger partial charge < -0.3 is 5.11 Å². The Labute approximate surface area is 89.6 Å². The summed E-state index contributed by atoms with van der Waals surface area (Å²) in [7, 11) is 0. The van der Waals surface area contributed by atoms with Crippen molar-refractivity contribution in [2.24, 2.45) is 0 Å². The normalized spacial score (nSPS) is 11.2. The van der Waals surface area contributed by atoms with Gasteiger partial charge in [0.15, 0.2) is 0 Å². The smallest absolute Gasteiger partial charge is 0.0708 e. The number of benzene rings is 1. The summed E-state index contributed by atoms with van der Waals surface area (Å²) in [6.07, 6.45) is 1.83. The fourth-order valence-electron chi connectivity index (χ4n) is 1.92. The first-order chi connectivity index (χ1) is 7.24. The van der Waals surface area contributed by atoms with Crippen molar-refractivity contribution in [1.29, 1.82) is 0 Å². The zero-order valence-corrected chi connectivity index (χ0v) is 9.07. The quantitative estimate of drug-likeness (QED) is 0.810. The van der Waals surface area contributed by atoms with E-state index in [0.29, 0.717) is 5.92 Å². The molecule has 0 unspecified atom stereocenters. The minimum atomic E-state index is 0.0722. The first-order valence-corrected chi connectivity index (χ1v) is 5.21. The van der Waals surface area contributed by atoms with Gasteiger partial charge in [-0.05, 0) is 29.2 Å². The third kappa shape index (κ3) is 1.73. The monoisotopic (exact) mass is 201 g/mol. The third-order valence-corrected chi connectivity index (χ3v) is 2.68. The molecule has 2 rings (SSSR count). The van der Waals surface area contributed by atoms with E-state index in [4.69, 9.17) is 0 Å². The van der Waals surface area contributed by atoms with Gasteiger partial charge in [-0.15, -0.1) is 0 Å². The van der Waals surface area contributed by atoms with Gasteiger partial charge in [-0.1, -0.05) is 26.0 Å². The second-order valence-electron chi connectivity index (χ2n) is 4.02. The first kappa shape index (κ1) is 10.1. The average molecular weight is 201 g/mol. The Morgan fingerprint density at radius 3 is 2.73 bits per heavy atom. The number of rotatable bonds is 2. The molecule has 1 heterocycles. The van der Waals surface area contributed by atoms with Gasteiger partial charge in [0.05, 0.1) is 12.1 Å². The number of fused-ring (bicyclic) bond motifs is 1. The van der Waals surface area contributed by atoms with Crippen molar-refractivity contribution in [2.75, 3.05) is 0 Å². The van der Waals surface area contributed by atoms with E-state index in [-0.39, 0.29) is 6.61 Å². The molecule has 2 heteroatoms. The van der Waals surface area contributed by atoms with Crippen LogP contribution in [0.3, 0.4) is 0 Å². The van der Waals surface area contributed by atoms with E-state index in [2.05, 4.69) is 18.8 Å². The van der Waals surface area contributed by atoms with Crippen LogP contribution in [-0.4, -0.2) is 10.1 Å². The predicted octanol–water partition coefficient (Wildman–Crippen LogP) is 2.85. The molecule has 0 bridgehead atoms. The SMILES string of the molecule is CC(C)c1ccnc2cccc(CO)c12. The highest BCUT2D eigenvalue weighted by atomic mass is 16.3. The van der Waals surface area contributed by atoms with E-state index in [1.165, 1.54) is 5.56 Å². The van der Waals surface area contributed by atoms with E-state index in [1.807, 2.05) is 30.5 Å².